The summed E-state index contributed by atoms with van der Waals surface area (Å²) in [5.74, 6) is -0.763. The highest BCUT2D eigenvalue weighted by molar-refractivity contribution is 5.92. The van der Waals surface area contributed by atoms with Crippen LogP contribution < -0.4 is 10.8 Å². The molecule has 0 atom stereocenters. The van der Waals surface area contributed by atoms with Crippen LogP contribution in [0, 0.1) is 5.82 Å². The number of rotatable bonds is 5. The molecule has 1 saturated carbocycles. The number of para-hydroxylation sites is 1. The van der Waals surface area contributed by atoms with E-state index in [0.717, 1.165) is 12.8 Å². The van der Waals surface area contributed by atoms with Crippen LogP contribution in [0.4, 0.5) is 10.1 Å². The number of halogens is 1. The number of hydrogen-bond donors (Lipinski definition) is 2. The Morgan fingerprint density at radius 1 is 1.33 bits per heavy atom. The molecule has 0 saturated heterocycles. The van der Waals surface area contributed by atoms with E-state index in [2.05, 4.69) is 10.8 Å². The van der Waals surface area contributed by atoms with Crippen molar-refractivity contribution < 1.29 is 14.0 Å². The summed E-state index contributed by atoms with van der Waals surface area (Å²) >= 11 is 0. The van der Waals surface area contributed by atoms with Crippen LogP contribution in [0.3, 0.4) is 0 Å². The summed E-state index contributed by atoms with van der Waals surface area (Å²) < 4.78 is 13.3. The maximum atomic E-state index is 13.3. The third kappa shape index (κ3) is 3.78. The molecule has 0 aliphatic heterocycles. The molecule has 1 aliphatic rings. The van der Waals surface area contributed by atoms with E-state index in [1.54, 1.807) is 12.1 Å². The summed E-state index contributed by atoms with van der Waals surface area (Å²) in [6, 6.07) is 6.07. The van der Waals surface area contributed by atoms with Crippen LogP contribution in [-0.2, 0) is 9.63 Å². The van der Waals surface area contributed by atoms with Crippen molar-refractivity contribution in [3.8, 4) is 0 Å². The van der Waals surface area contributed by atoms with E-state index in [-0.39, 0.29) is 24.2 Å². The van der Waals surface area contributed by atoms with Crippen molar-refractivity contribution in [3.63, 3.8) is 0 Å². The molecule has 1 aliphatic carbocycles. The lowest BCUT2D eigenvalue weighted by molar-refractivity contribution is -0.119. The molecule has 98 valence electrons. The van der Waals surface area contributed by atoms with E-state index in [9.17, 15) is 9.18 Å². The number of anilines is 1. The summed E-state index contributed by atoms with van der Waals surface area (Å²) in [5.41, 5.74) is 2.82. The van der Waals surface area contributed by atoms with Gasteiger partial charge < -0.3 is 5.32 Å². The average Bonchev–Trinajstić information content (AvgIpc) is 2.85. The van der Waals surface area contributed by atoms with Gasteiger partial charge in [0.05, 0.1) is 11.8 Å². The van der Waals surface area contributed by atoms with Crippen molar-refractivity contribution in [2.45, 2.75) is 31.8 Å². The van der Waals surface area contributed by atoms with E-state index in [4.69, 9.17) is 4.84 Å². The summed E-state index contributed by atoms with van der Waals surface area (Å²) in [4.78, 5) is 16.9. The molecule has 0 aromatic heterocycles. The van der Waals surface area contributed by atoms with E-state index in [0.29, 0.717) is 0 Å². The van der Waals surface area contributed by atoms with Crippen LogP contribution >= 0.6 is 0 Å². The number of amides is 1. The Labute approximate surface area is 105 Å². The molecule has 0 spiro atoms. The van der Waals surface area contributed by atoms with Crippen molar-refractivity contribution in [1.82, 2.24) is 5.48 Å². The van der Waals surface area contributed by atoms with Crippen molar-refractivity contribution in [1.29, 1.82) is 0 Å². The normalized spacial score (nSPS) is 15.8. The van der Waals surface area contributed by atoms with Gasteiger partial charge in [0.1, 0.15) is 12.4 Å². The standard InChI is InChI=1S/C13H17FN2O2/c14-11-7-3-4-8-12(11)16-13(17)9-15-18-10-5-1-2-6-10/h3-4,7-8,10,15H,1-2,5-6,9H2,(H,16,17). The first-order valence-corrected chi connectivity index (χ1v) is 6.18. The Kier molecular flexibility index (Phi) is 4.66. The molecule has 5 heteroatoms. The maximum absolute atomic E-state index is 13.3. The van der Waals surface area contributed by atoms with E-state index in [1.165, 1.54) is 25.0 Å². The SMILES string of the molecule is O=C(CNOC1CCCC1)Nc1ccccc1F. The number of carbonyl (C=O) groups excluding carboxylic acids is 1. The first-order valence-electron chi connectivity index (χ1n) is 6.18. The molecule has 1 fully saturated rings. The lowest BCUT2D eigenvalue weighted by Crippen LogP contribution is -2.31. The minimum atomic E-state index is -0.442. The minimum Gasteiger partial charge on any atom is -0.322 e. The molecule has 18 heavy (non-hydrogen) atoms. The Hall–Kier alpha value is -1.46. The first kappa shape index (κ1) is 13.0. The topological polar surface area (TPSA) is 50.4 Å². The number of hydrogen-bond acceptors (Lipinski definition) is 3. The molecule has 1 aromatic carbocycles. The second-order valence-corrected chi connectivity index (χ2v) is 4.37. The average molecular weight is 252 g/mol. The molecular weight excluding hydrogens is 235 g/mol. The second-order valence-electron chi connectivity index (χ2n) is 4.37. The smallest absolute Gasteiger partial charge is 0.240 e. The monoisotopic (exact) mass is 252 g/mol. The van der Waals surface area contributed by atoms with E-state index >= 15 is 0 Å². The van der Waals surface area contributed by atoms with Crippen LogP contribution in [0.5, 0.6) is 0 Å². The van der Waals surface area contributed by atoms with Gasteiger partial charge in [-0.2, -0.15) is 5.48 Å². The molecule has 4 nitrogen and oxygen atoms in total. The van der Waals surface area contributed by atoms with Gasteiger partial charge in [0.25, 0.3) is 0 Å². The van der Waals surface area contributed by atoms with Crippen molar-refractivity contribution in [3.05, 3.63) is 30.1 Å². The number of hydroxylamine groups is 1. The van der Waals surface area contributed by atoms with Crippen molar-refractivity contribution in [2.24, 2.45) is 0 Å². The van der Waals surface area contributed by atoms with Crippen LogP contribution in [0.1, 0.15) is 25.7 Å². The quantitative estimate of drug-likeness (QED) is 0.790. The molecule has 2 N–H and O–H groups in total. The van der Waals surface area contributed by atoms with Gasteiger partial charge in [0.15, 0.2) is 0 Å². The number of benzene rings is 1. The molecule has 0 radical (unpaired) electrons. The molecule has 0 heterocycles. The van der Waals surface area contributed by atoms with E-state index in [1.807, 2.05) is 0 Å². The Balaban J connectivity index is 1.70. The lowest BCUT2D eigenvalue weighted by atomic mass is 10.3. The third-order valence-corrected chi connectivity index (χ3v) is 2.93. The molecule has 1 amide bonds. The highest BCUT2D eigenvalue weighted by atomic mass is 19.1. The van der Waals surface area contributed by atoms with Crippen LogP contribution in [0.15, 0.2) is 24.3 Å². The fourth-order valence-corrected chi connectivity index (χ4v) is 1.99. The highest BCUT2D eigenvalue weighted by Crippen LogP contribution is 2.19. The van der Waals surface area contributed by atoms with Crippen LogP contribution in [0.25, 0.3) is 0 Å². The van der Waals surface area contributed by atoms with Gasteiger partial charge in [0.2, 0.25) is 5.91 Å². The van der Waals surface area contributed by atoms with Crippen LogP contribution in [0.2, 0.25) is 0 Å². The van der Waals surface area contributed by atoms with Gasteiger partial charge in [-0.1, -0.05) is 25.0 Å². The Morgan fingerprint density at radius 2 is 2.06 bits per heavy atom. The van der Waals surface area contributed by atoms with Crippen molar-refractivity contribution in [2.75, 3.05) is 11.9 Å². The highest BCUT2D eigenvalue weighted by Gasteiger charge is 2.15. The zero-order chi connectivity index (χ0) is 12.8. The zero-order valence-electron chi connectivity index (χ0n) is 10.1. The van der Waals surface area contributed by atoms with Gasteiger partial charge in [-0.25, -0.2) is 4.39 Å². The molecule has 1 aromatic rings. The lowest BCUT2D eigenvalue weighted by Gasteiger charge is -2.11. The zero-order valence-corrected chi connectivity index (χ0v) is 10.1. The van der Waals surface area contributed by atoms with E-state index < -0.39 is 5.82 Å². The summed E-state index contributed by atoms with van der Waals surface area (Å²) in [6.07, 6.45) is 4.61. The number of carbonyl (C=O) groups is 1. The fourth-order valence-electron chi connectivity index (χ4n) is 1.99. The fraction of sp³-hybridized carbons (Fsp3) is 0.462. The van der Waals surface area contributed by atoms with Gasteiger partial charge in [-0.15, -0.1) is 0 Å². The van der Waals surface area contributed by atoms with Crippen molar-refractivity contribution >= 4 is 11.6 Å². The molecular formula is C13H17FN2O2. The van der Waals surface area contributed by atoms with Crippen LogP contribution in [-0.4, -0.2) is 18.6 Å². The third-order valence-electron chi connectivity index (χ3n) is 2.93. The Bertz CT molecular complexity index is 406. The van der Waals surface area contributed by atoms with Gasteiger partial charge in [0, 0.05) is 0 Å². The molecule has 0 unspecified atom stereocenters. The Morgan fingerprint density at radius 3 is 2.78 bits per heavy atom. The summed E-state index contributed by atoms with van der Waals surface area (Å²) in [6.45, 7) is 0.0187. The number of nitrogens with one attached hydrogen (secondary N) is 2. The predicted octanol–water partition coefficient (Wildman–Crippen LogP) is 2.23. The maximum Gasteiger partial charge on any atom is 0.240 e. The van der Waals surface area contributed by atoms with Gasteiger partial charge >= 0.3 is 0 Å². The predicted molar refractivity (Wildman–Crippen MR) is 66.4 cm³/mol. The molecule has 2 rings (SSSR count). The summed E-state index contributed by atoms with van der Waals surface area (Å²) in [7, 11) is 0. The summed E-state index contributed by atoms with van der Waals surface area (Å²) in [5, 5.41) is 2.48. The largest absolute Gasteiger partial charge is 0.322 e. The van der Waals surface area contributed by atoms with Gasteiger partial charge in [-0.05, 0) is 25.0 Å². The molecule has 0 bridgehead atoms. The second kappa shape index (κ2) is 6.47. The van der Waals surface area contributed by atoms with Gasteiger partial charge in [-0.3, -0.25) is 9.63 Å². The first-order chi connectivity index (χ1) is 8.75. The minimum absolute atomic E-state index is 0.0187.